The first-order valence-corrected chi connectivity index (χ1v) is 4.21. The van der Waals surface area contributed by atoms with Crippen LogP contribution in [0.25, 0.3) is 0 Å². The molecule has 1 saturated carbocycles. The van der Waals surface area contributed by atoms with Gasteiger partial charge in [0, 0.05) is 0 Å². The molecule has 1 fully saturated rings. The van der Waals surface area contributed by atoms with Crippen LogP contribution in [0.1, 0.15) is 32.1 Å². The van der Waals surface area contributed by atoms with Crippen molar-refractivity contribution in [2.45, 2.75) is 32.1 Å². The predicted molar refractivity (Wildman–Crippen MR) is 45.9 cm³/mol. The van der Waals surface area contributed by atoms with Crippen LogP contribution in [0.3, 0.4) is 0 Å². The Balaban J connectivity index is 0.0000001000. The second kappa shape index (κ2) is 4.32. The summed E-state index contributed by atoms with van der Waals surface area (Å²) in [5.74, 6) is 0.898. The SMILES string of the molecule is C1=CCCC1.C=CC1CC1. The minimum atomic E-state index is 0.898. The zero-order valence-corrected chi connectivity index (χ0v) is 6.55. The van der Waals surface area contributed by atoms with E-state index in [9.17, 15) is 0 Å². The van der Waals surface area contributed by atoms with Crippen LogP contribution in [0.2, 0.25) is 0 Å². The lowest BCUT2D eigenvalue weighted by Gasteiger charge is -1.69. The fourth-order valence-electron chi connectivity index (χ4n) is 0.921. The van der Waals surface area contributed by atoms with Gasteiger partial charge < -0.3 is 0 Å². The van der Waals surface area contributed by atoms with Gasteiger partial charge in [-0.25, -0.2) is 0 Å². The summed E-state index contributed by atoms with van der Waals surface area (Å²) in [6.45, 7) is 3.62. The van der Waals surface area contributed by atoms with Crippen LogP contribution in [-0.4, -0.2) is 0 Å². The molecule has 56 valence electrons. The molecule has 0 bridgehead atoms. The quantitative estimate of drug-likeness (QED) is 0.485. The molecule has 0 spiro atoms. The zero-order valence-electron chi connectivity index (χ0n) is 6.55. The maximum Gasteiger partial charge on any atom is -0.0236 e. The maximum absolute atomic E-state index is 3.62. The number of rotatable bonds is 1. The first-order chi connectivity index (χ1) is 4.93. The molecule has 0 aromatic heterocycles. The molecular weight excluding hydrogens is 120 g/mol. The van der Waals surface area contributed by atoms with Gasteiger partial charge in [-0.3, -0.25) is 0 Å². The largest absolute Gasteiger partial charge is 0.103 e. The van der Waals surface area contributed by atoms with Crippen LogP contribution in [0.4, 0.5) is 0 Å². The van der Waals surface area contributed by atoms with Gasteiger partial charge >= 0.3 is 0 Å². The smallest absolute Gasteiger partial charge is 0.0236 e. The Hall–Kier alpha value is -0.520. The Bertz CT molecular complexity index is 112. The highest BCUT2D eigenvalue weighted by Crippen LogP contribution is 2.28. The number of hydrogen-bond acceptors (Lipinski definition) is 0. The standard InChI is InChI=1S/2C5H8/c1-2-5-3-4-5;1-2-4-5-3-1/h2,5H,1,3-4H2;1-2H,3-5H2. The van der Waals surface area contributed by atoms with E-state index in [1.54, 1.807) is 0 Å². The molecule has 0 aliphatic heterocycles. The molecule has 0 amide bonds. The summed E-state index contributed by atoms with van der Waals surface area (Å²) in [7, 11) is 0. The molecule has 0 heteroatoms. The second-order valence-corrected chi connectivity index (χ2v) is 2.98. The Morgan fingerprint density at radius 1 is 1.20 bits per heavy atom. The van der Waals surface area contributed by atoms with E-state index in [-0.39, 0.29) is 0 Å². The molecule has 0 atom stereocenters. The summed E-state index contributed by atoms with van der Waals surface area (Å²) in [6, 6.07) is 0. The normalized spacial score (nSPS) is 21.6. The fourth-order valence-corrected chi connectivity index (χ4v) is 0.921. The van der Waals surface area contributed by atoms with Crippen molar-refractivity contribution in [3.05, 3.63) is 24.8 Å². The van der Waals surface area contributed by atoms with Crippen LogP contribution < -0.4 is 0 Å². The number of hydrogen-bond donors (Lipinski definition) is 0. The first-order valence-electron chi connectivity index (χ1n) is 4.21. The maximum atomic E-state index is 3.62. The minimum absolute atomic E-state index is 0.898. The van der Waals surface area contributed by atoms with Crippen LogP contribution in [0.15, 0.2) is 24.8 Å². The van der Waals surface area contributed by atoms with Crippen molar-refractivity contribution in [2.24, 2.45) is 5.92 Å². The van der Waals surface area contributed by atoms with E-state index in [0.29, 0.717) is 0 Å². The lowest BCUT2D eigenvalue weighted by atomic mass is 10.4. The number of allylic oxidation sites excluding steroid dienone is 3. The minimum Gasteiger partial charge on any atom is -0.103 e. The van der Waals surface area contributed by atoms with E-state index < -0.39 is 0 Å². The molecule has 0 aromatic rings. The van der Waals surface area contributed by atoms with Gasteiger partial charge in [-0.05, 0) is 38.0 Å². The average Bonchev–Trinajstić information content (AvgIpc) is 2.63. The van der Waals surface area contributed by atoms with Crippen molar-refractivity contribution in [2.75, 3.05) is 0 Å². The lowest BCUT2D eigenvalue weighted by Crippen LogP contribution is -1.50. The van der Waals surface area contributed by atoms with Crippen LogP contribution in [-0.2, 0) is 0 Å². The van der Waals surface area contributed by atoms with Gasteiger partial charge in [0.15, 0.2) is 0 Å². The third kappa shape index (κ3) is 3.49. The zero-order chi connectivity index (χ0) is 7.23. The van der Waals surface area contributed by atoms with E-state index >= 15 is 0 Å². The van der Waals surface area contributed by atoms with Gasteiger partial charge in [0.2, 0.25) is 0 Å². The highest BCUT2D eigenvalue weighted by atomic mass is 14.2. The monoisotopic (exact) mass is 136 g/mol. The third-order valence-electron chi connectivity index (χ3n) is 1.86. The summed E-state index contributed by atoms with van der Waals surface area (Å²) in [5.41, 5.74) is 0. The average molecular weight is 136 g/mol. The summed E-state index contributed by atoms with van der Waals surface area (Å²) in [5, 5.41) is 0. The highest BCUT2D eigenvalue weighted by Gasteiger charge is 2.15. The van der Waals surface area contributed by atoms with E-state index in [1.807, 2.05) is 6.08 Å². The van der Waals surface area contributed by atoms with Gasteiger partial charge in [-0.2, -0.15) is 0 Å². The Morgan fingerprint density at radius 2 is 1.80 bits per heavy atom. The summed E-state index contributed by atoms with van der Waals surface area (Å²) < 4.78 is 0. The molecule has 2 rings (SSSR count). The third-order valence-corrected chi connectivity index (χ3v) is 1.86. The highest BCUT2D eigenvalue weighted by molar-refractivity contribution is 4.89. The van der Waals surface area contributed by atoms with E-state index in [0.717, 1.165) is 5.92 Å². The first kappa shape index (κ1) is 7.59. The molecular formula is C10H16. The van der Waals surface area contributed by atoms with E-state index in [2.05, 4.69) is 18.7 Å². The molecule has 0 N–H and O–H groups in total. The fraction of sp³-hybridized carbons (Fsp3) is 0.600. The van der Waals surface area contributed by atoms with Gasteiger partial charge in [0.25, 0.3) is 0 Å². The van der Waals surface area contributed by atoms with Crippen molar-refractivity contribution >= 4 is 0 Å². The second-order valence-electron chi connectivity index (χ2n) is 2.98. The predicted octanol–water partition coefficient (Wildman–Crippen LogP) is 3.31. The van der Waals surface area contributed by atoms with Crippen molar-refractivity contribution in [3.63, 3.8) is 0 Å². The van der Waals surface area contributed by atoms with E-state index in [1.165, 1.54) is 32.1 Å². The molecule has 0 heterocycles. The van der Waals surface area contributed by atoms with Crippen molar-refractivity contribution < 1.29 is 0 Å². The molecule has 0 unspecified atom stereocenters. The summed E-state index contributed by atoms with van der Waals surface area (Å²) in [6.07, 6.45) is 13.3. The molecule has 0 nitrogen and oxygen atoms in total. The Morgan fingerprint density at radius 3 is 1.90 bits per heavy atom. The summed E-state index contributed by atoms with van der Waals surface area (Å²) in [4.78, 5) is 0. The van der Waals surface area contributed by atoms with Crippen molar-refractivity contribution in [3.8, 4) is 0 Å². The van der Waals surface area contributed by atoms with Gasteiger partial charge in [-0.15, -0.1) is 6.58 Å². The Kier molecular flexibility index (Phi) is 3.28. The Labute approximate surface area is 63.6 Å². The van der Waals surface area contributed by atoms with Crippen LogP contribution >= 0.6 is 0 Å². The van der Waals surface area contributed by atoms with Gasteiger partial charge in [-0.1, -0.05) is 18.2 Å². The van der Waals surface area contributed by atoms with Crippen molar-refractivity contribution in [1.29, 1.82) is 0 Å². The molecule has 2 aliphatic rings. The molecule has 0 saturated heterocycles. The lowest BCUT2D eigenvalue weighted by molar-refractivity contribution is 0.929. The molecule has 2 aliphatic carbocycles. The van der Waals surface area contributed by atoms with E-state index in [4.69, 9.17) is 0 Å². The molecule has 0 radical (unpaired) electrons. The molecule has 0 aromatic carbocycles. The van der Waals surface area contributed by atoms with Crippen molar-refractivity contribution in [1.82, 2.24) is 0 Å². The van der Waals surface area contributed by atoms with Gasteiger partial charge in [0.05, 0.1) is 0 Å². The van der Waals surface area contributed by atoms with Crippen LogP contribution in [0.5, 0.6) is 0 Å². The molecule has 10 heavy (non-hydrogen) atoms. The summed E-state index contributed by atoms with van der Waals surface area (Å²) >= 11 is 0. The topological polar surface area (TPSA) is 0 Å². The van der Waals surface area contributed by atoms with Gasteiger partial charge in [0.1, 0.15) is 0 Å². The van der Waals surface area contributed by atoms with Crippen LogP contribution in [0, 0.1) is 5.92 Å².